The lowest BCUT2D eigenvalue weighted by atomic mass is 10.1. The van der Waals surface area contributed by atoms with Crippen molar-refractivity contribution in [2.24, 2.45) is 0 Å². The first-order valence-corrected chi connectivity index (χ1v) is 7.33. The monoisotopic (exact) mass is 310 g/mol. The van der Waals surface area contributed by atoms with Gasteiger partial charge in [0.05, 0.1) is 17.3 Å². The average Bonchev–Trinajstić information content (AvgIpc) is 2.42. The Kier molecular flexibility index (Phi) is 5.07. The molecule has 1 fully saturated rings. The molecule has 0 atom stereocenters. The van der Waals surface area contributed by atoms with E-state index in [0.29, 0.717) is 30.4 Å². The molecule has 2 amide bonds. The third-order valence-corrected chi connectivity index (χ3v) is 3.66. The minimum atomic E-state index is -0.349. The van der Waals surface area contributed by atoms with Gasteiger partial charge in [0.2, 0.25) is 5.91 Å². The second-order valence-electron chi connectivity index (χ2n) is 5.19. The molecule has 1 saturated heterocycles. The number of cyclic esters (lactones) is 1. The number of ether oxygens (including phenoxy) is 1. The van der Waals surface area contributed by atoms with Crippen LogP contribution in [0.4, 0.5) is 10.5 Å². The minimum Gasteiger partial charge on any atom is -0.449 e. The van der Waals surface area contributed by atoms with E-state index in [1.54, 1.807) is 4.90 Å². The van der Waals surface area contributed by atoms with Gasteiger partial charge in [-0.15, -0.1) is 0 Å². The van der Waals surface area contributed by atoms with Gasteiger partial charge in [-0.25, -0.2) is 4.79 Å². The number of carbonyl (C=O) groups excluding carboxylic acids is 2. The summed E-state index contributed by atoms with van der Waals surface area (Å²) in [5.41, 5.74) is 2.60. The maximum atomic E-state index is 12.0. The number of nitrogens with zero attached hydrogens (tertiary/aromatic N) is 1. The van der Waals surface area contributed by atoms with Crippen LogP contribution < -0.4 is 5.32 Å². The summed E-state index contributed by atoms with van der Waals surface area (Å²) in [7, 11) is 0. The van der Waals surface area contributed by atoms with Gasteiger partial charge in [-0.2, -0.15) is 0 Å². The molecule has 114 valence electrons. The third kappa shape index (κ3) is 4.11. The summed E-state index contributed by atoms with van der Waals surface area (Å²) in [4.78, 5) is 25.0. The Morgan fingerprint density at radius 2 is 2.19 bits per heavy atom. The minimum absolute atomic E-state index is 0.165. The van der Waals surface area contributed by atoms with E-state index in [0.717, 1.165) is 17.5 Å². The molecular formula is C15H19ClN2O3. The van der Waals surface area contributed by atoms with Crippen LogP contribution in [0.15, 0.2) is 12.1 Å². The summed E-state index contributed by atoms with van der Waals surface area (Å²) in [5, 5.41) is 3.34. The number of anilines is 1. The van der Waals surface area contributed by atoms with Crippen molar-refractivity contribution in [3.63, 3.8) is 0 Å². The predicted molar refractivity (Wildman–Crippen MR) is 81.7 cm³/mol. The highest BCUT2D eigenvalue weighted by molar-refractivity contribution is 6.34. The van der Waals surface area contributed by atoms with Gasteiger partial charge in [0.25, 0.3) is 0 Å². The average molecular weight is 311 g/mol. The van der Waals surface area contributed by atoms with E-state index >= 15 is 0 Å². The van der Waals surface area contributed by atoms with E-state index in [-0.39, 0.29) is 18.4 Å². The molecule has 0 aromatic heterocycles. The number of amides is 2. The van der Waals surface area contributed by atoms with Crippen molar-refractivity contribution in [1.29, 1.82) is 0 Å². The van der Waals surface area contributed by atoms with Crippen molar-refractivity contribution in [2.75, 3.05) is 25.0 Å². The molecule has 1 aromatic carbocycles. The summed E-state index contributed by atoms with van der Waals surface area (Å²) in [5.74, 6) is -0.165. The molecule has 6 heteroatoms. The lowest BCUT2D eigenvalue weighted by Crippen LogP contribution is -2.39. The molecule has 1 heterocycles. The van der Waals surface area contributed by atoms with Gasteiger partial charge in [-0.1, -0.05) is 17.7 Å². The summed E-state index contributed by atoms with van der Waals surface area (Å²) < 4.78 is 4.93. The topological polar surface area (TPSA) is 58.6 Å². The van der Waals surface area contributed by atoms with Crippen LogP contribution in [-0.2, 0) is 9.53 Å². The number of carbonyl (C=O) groups is 2. The Hall–Kier alpha value is -1.75. The van der Waals surface area contributed by atoms with Crippen molar-refractivity contribution < 1.29 is 14.3 Å². The summed E-state index contributed by atoms with van der Waals surface area (Å²) in [6.45, 7) is 5.30. The van der Waals surface area contributed by atoms with E-state index in [2.05, 4.69) is 5.32 Å². The van der Waals surface area contributed by atoms with E-state index in [1.807, 2.05) is 26.0 Å². The zero-order chi connectivity index (χ0) is 15.4. The van der Waals surface area contributed by atoms with Crippen molar-refractivity contribution in [3.05, 3.63) is 28.3 Å². The predicted octanol–water partition coefficient (Wildman–Crippen LogP) is 3.13. The Balaban J connectivity index is 1.91. The molecule has 2 rings (SSSR count). The van der Waals surface area contributed by atoms with E-state index in [9.17, 15) is 9.59 Å². The van der Waals surface area contributed by atoms with Crippen LogP contribution in [0, 0.1) is 13.8 Å². The Morgan fingerprint density at radius 3 is 2.86 bits per heavy atom. The third-order valence-electron chi connectivity index (χ3n) is 3.36. The maximum absolute atomic E-state index is 12.0. The number of nitrogens with one attached hydrogen (secondary N) is 1. The Morgan fingerprint density at radius 1 is 1.43 bits per heavy atom. The molecule has 0 saturated carbocycles. The van der Waals surface area contributed by atoms with Crippen molar-refractivity contribution in [1.82, 2.24) is 4.90 Å². The zero-order valence-corrected chi connectivity index (χ0v) is 13.0. The zero-order valence-electron chi connectivity index (χ0n) is 12.2. The van der Waals surface area contributed by atoms with Crippen LogP contribution in [0.3, 0.4) is 0 Å². The smallest absolute Gasteiger partial charge is 0.409 e. The van der Waals surface area contributed by atoms with Crippen molar-refractivity contribution in [3.8, 4) is 0 Å². The summed E-state index contributed by atoms with van der Waals surface area (Å²) in [6.07, 6.45) is 0.674. The quantitative estimate of drug-likeness (QED) is 0.929. The molecule has 1 aromatic rings. The molecule has 0 unspecified atom stereocenters. The van der Waals surface area contributed by atoms with Crippen LogP contribution in [-0.4, -0.2) is 36.6 Å². The molecule has 0 bridgehead atoms. The van der Waals surface area contributed by atoms with Crippen LogP contribution in [0.25, 0.3) is 0 Å². The van der Waals surface area contributed by atoms with Gasteiger partial charge in [0.1, 0.15) is 0 Å². The van der Waals surface area contributed by atoms with Crippen LogP contribution in [0.5, 0.6) is 0 Å². The first kappa shape index (κ1) is 15.6. The number of hydrogen-bond acceptors (Lipinski definition) is 3. The molecule has 1 aliphatic rings. The van der Waals surface area contributed by atoms with Crippen molar-refractivity contribution in [2.45, 2.75) is 26.7 Å². The first-order chi connectivity index (χ1) is 9.97. The number of halogens is 1. The lowest BCUT2D eigenvalue weighted by molar-refractivity contribution is -0.116. The number of hydrogen-bond donors (Lipinski definition) is 1. The second kappa shape index (κ2) is 6.80. The summed E-state index contributed by atoms with van der Waals surface area (Å²) in [6, 6.07) is 3.77. The van der Waals surface area contributed by atoms with Gasteiger partial charge >= 0.3 is 6.09 Å². The molecule has 5 nitrogen and oxygen atoms in total. The molecule has 21 heavy (non-hydrogen) atoms. The molecule has 0 aliphatic carbocycles. The maximum Gasteiger partial charge on any atom is 0.409 e. The normalized spacial score (nSPS) is 14.8. The molecule has 0 radical (unpaired) electrons. The van der Waals surface area contributed by atoms with E-state index in [1.165, 1.54) is 0 Å². The fourth-order valence-electron chi connectivity index (χ4n) is 2.31. The van der Waals surface area contributed by atoms with Gasteiger partial charge in [-0.3, -0.25) is 4.79 Å². The van der Waals surface area contributed by atoms with Crippen molar-refractivity contribution >= 4 is 29.3 Å². The van der Waals surface area contributed by atoms with Crippen LogP contribution in [0.2, 0.25) is 5.02 Å². The van der Waals surface area contributed by atoms with E-state index < -0.39 is 0 Å². The molecular weight excluding hydrogens is 292 g/mol. The highest BCUT2D eigenvalue weighted by Gasteiger charge is 2.20. The molecule has 1 aliphatic heterocycles. The van der Waals surface area contributed by atoms with Gasteiger partial charge in [0.15, 0.2) is 0 Å². The largest absolute Gasteiger partial charge is 0.449 e. The summed E-state index contributed by atoms with van der Waals surface area (Å²) >= 11 is 6.15. The first-order valence-electron chi connectivity index (χ1n) is 6.95. The SMILES string of the molecule is Cc1cc(C)c(NC(=O)CCN2CCCOC2=O)c(Cl)c1. The fourth-order valence-corrected chi connectivity index (χ4v) is 2.68. The number of benzene rings is 1. The Bertz CT molecular complexity index is 537. The Labute approximate surface area is 129 Å². The lowest BCUT2D eigenvalue weighted by Gasteiger charge is -2.26. The highest BCUT2D eigenvalue weighted by atomic mass is 35.5. The standard InChI is InChI=1S/C15H19ClN2O3/c1-10-8-11(2)14(12(16)9-10)17-13(19)4-6-18-5-3-7-21-15(18)20/h8-9H,3-7H2,1-2H3,(H,17,19). The molecule has 0 spiro atoms. The van der Waals surface area contributed by atoms with E-state index in [4.69, 9.17) is 16.3 Å². The number of rotatable bonds is 4. The highest BCUT2D eigenvalue weighted by Crippen LogP contribution is 2.27. The molecule has 1 N–H and O–H groups in total. The number of aryl methyl sites for hydroxylation is 2. The fraction of sp³-hybridized carbons (Fsp3) is 0.467. The van der Waals surface area contributed by atoms with Crippen LogP contribution in [0.1, 0.15) is 24.0 Å². The second-order valence-corrected chi connectivity index (χ2v) is 5.60. The van der Waals surface area contributed by atoms with Gasteiger partial charge in [-0.05, 0) is 37.5 Å². The van der Waals surface area contributed by atoms with Gasteiger partial charge in [0, 0.05) is 19.5 Å². The van der Waals surface area contributed by atoms with Gasteiger partial charge < -0.3 is 15.0 Å². The van der Waals surface area contributed by atoms with Crippen LogP contribution >= 0.6 is 11.6 Å².